The highest BCUT2D eigenvalue weighted by Gasteiger charge is 2.10. The maximum absolute atomic E-state index is 6.15. The molecule has 0 fully saturated rings. The molecule has 0 aliphatic rings. The average Bonchev–Trinajstić information content (AvgIpc) is 2.99. The van der Waals surface area contributed by atoms with Crippen LogP contribution in [0.15, 0.2) is 45.4 Å². The van der Waals surface area contributed by atoms with Gasteiger partial charge in [-0.15, -0.1) is 0 Å². The number of halogens is 2. The summed E-state index contributed by atoms with van der Waals surface area (Å²) in [6.07, 6.45) is 0. The minimum atomic E-state index is 0.210. The second kappa shape index (κ2) is 6.72. The van der Waals surface area contributed by atoms with E-state index in [0.717, 1.165) is 31.9 Å². The standard InChI is InChI=1S/C17H14BrClN2O2/c1-10-6-14(7-11(2)16(10)19)22-9-15-20-17(21-23-15)12-4-3-5-13(18)8-12/h3-8H,9H2,1-2H3. The van der Waals surface area contributed by atoms with Crippen LogP contribution in [0.4, 0.5) is 0 Å². The van der Waals surface area contributed by atoms with Crippen molar-refractivity contribution >= 4 is 27.5 Å². The fourth-order valence-corrected chi connectivity index (χ4v) is 2.70. The molecule has 0 aliphatic carbocycles. The Balaban J connectivity index is 1.73. The summed E-state index contributed by atoms with van der Waals surface area (Å²) in [6.45, 7) is 4.10. The predicted octanol–water partition coefficient (Wildman–Crippen LogP) is 5.35. The summed E-state index contributed by atoms with van der Waals surface area (Å²) in [5.41, 5.74) is 2.83. The minimum Gasteiger partial charge on any atom is -0.484 e. The number of hydrogen-bond donors (Lipinski definition) is 0. The van der Waals surface area contributed by atoms with E-state index in [4.69, 9.17) is 20.9 Å². The second-order valence-electron chi connectivity index (χ2n) is 5.18. The van der Waals surface area contributed by atoms with Gasteiger partial charge in [-0.3, -0.25) is 0 Å². The molecular formula is C17H14BrClN2O2. The molecule has 0 spiro atoms. The van der Waals surface area contributed by atoms with Crippen LogP contribution < -0.4 is 4.74 Å². The predicted molar refractivity (Wildman–Crippen MR) is 92.7 cm³/mol. The number of ether oxygens (including phenoxy) is 1. The molecule has 118 valence electrons. The topological polar surface area (TPSA) is 48.2 Å². The Morgan fingerprint density at radius 1 is 1.17 bits per heavy atom. The van der Waals surface area contributed by atoms with Crippen LogP contribution in [0.1, 0.15) is 17.0 Å². The number of nitrogens with zero attached hydrogens (tertiary/aromatic N) is 2. The zero-order valence-corrected chi connectivity index (χ0v) is 15.0. The molecule has 0 N–H and O–H groups in total. The van der Waals surface area contributed by atoms with Crippen LogP contribution in [-0.2, 0) is 6.61 Å². The summed E-state index contributed by atoms with van der Waals surface area (Å²) in [5.74, 6) is 1.69. The lowest BCUT2D eigenvalue weighted by Crippen LogP contribution is -1.97. The molecular weight excluding hydrogens is 380 g/mol. The molecule has 3 aromatic rings. The first-order valence-corrected chi connectivity index (χ1v) is 8.18. The Labute approximate surface area is 147 Å². The first kappa shape index (κ1) is 16.0. The lowest BCUT2D eigenvalue weighted by Gasteiger charge is -2.08. The van der Waals surface area contributed by atoms with Gasteiger partial charge >= 0.3 is 0 Å². The molecule has 0 saturated heterocycles. The summed E-state index contributed by atoms with van der Waals surface area (Å²) in [7, 11) is 0. The van der Waals surface area contributed by atoms with Crippen LogP contribution in [0.25, 0.3) is 11.4 Å². The number of benzene rings is 2. The van der Waals surface area contributed by atoms with Crippen molar-refractivity contribution in [2.45, 2.75) is 20.5 Å². The largest absolute Gasteiger partial charge is 0.484 e. The van der Waals surface area contributed by atoms with Gasteiger partial charge in [-0.25, -0.2) is 0 Å². The van der Waals surface area contributed by atoms with Crippen molar-refractivity contribution < 1.29 is 9.26 Å². The average molecular weight is 394 g/mol. The fraction of sp³-hybridized carbons (Fsp3) is 0.176. The Hall–Kier alpha value is -1.85. The van der Waals surface area contributed by atoms with Crippen LogP contribution in [0.5, 0.6) is 5.75 Å². The Bertz CT molecular complexity index is 825. The molecule has 23 heavy (non-hydrogen) atoms. The summed E-state index contributed by atoms with van der Waals surface area (Å²) in [6, 6.07) is 11.5. The van der Waals surface area contributed by atoms with Crippen molar-refractivity contribution in [1.29, 1.82) is 0 Å². The molecule has 1 aromatic heterocycles. The van der Waals surface area contributed by atoms with Gasteiger partial charge in [0.15, 0.2) is 6.61 Å². The number of hydrogen-bond acceptors (Lipinski definition) is 4. The number of aryl methyl sites for hydroxylation is 2. The fourth-order valence-electron chi connectivity index (χ4n) is 2.19. The molecule has 0 atom stereocenters. The SMILES string of the molecule is Cc1cc(OCc2nc(-c3cccc(Br)c3)no2)cc(C)c1Cl. The van der Waals surface area contributed by atoms with Crippen LogP contribution >= 0.6 is 27.5 Å². The molecule has 0 unspecified atom stereocenters. The molecule has 0 aliphatic heterocycles. The van der Waals surface area contributed by atoms with Crippen LogP contribution in [0, 0.1) is 13.8 Å². The van der Waals surface area contributed by atoms with E-state index >= 15 is 0 Å². The van der Waals surface area contributed by atoms with E-state index in [1.54, 1.807) is 0 Å². The van der Waals surface area contributed by atoms with E-state index in [0.29, 0.717) is 11.7 Å². The Kier molecular flexibility index (Phi) is 4.68. The van der Waals surface area contributed by atoms with Gasteiger partial charge in [0, 0.05) is 15.1 Å². The van der Waals surface area contributed by atoms with E-state index in [1.165, 1.54) is 0 Å². The van der Waals surface area contributed by atoms with Gasteiger partial charge in [-0.1, -0.05) is 44.8 Å². The van der Waals surface area contributed by atoms with Gasteiger partial charge in [-0.05, 0) is 49.2 Å². The van der Waals surface area contributed by atoms with E-state index in [-0.39, 0.29) is 6.61 Å². The summed E-state index contributed by atoms with van der Waals surface area (Å²) in [4.78, 5) is 4.35. The molecule has 1 heterocycles. The molecule has 0 radical (unpaired) electrons. The summed E-state index contributed by atoms with van der Waals surface area (Å²) < 4.78 is 11.9. The molecule has 2 aromatic carbocycles. The third-order valence-electron chi connectivity index (χ3n) is 3.32. The lowest BCUT2D eigenvalue weighted by molar-refractivity contribution is 0.242. The van der Waals surface area contributed by atoms with E-state index in [9.17, 15) is 0 Å². The first-order valence-electron chi connectivity index (χ1n) is 7.01. The zero-order valence-electron chi connectivity index (χ0n) is 12.6. The first-order chi connectivity index (χ1) is 11.0. The molecule has 3 rings (SSSR count). The van der Waals surface area contributed by atoms with Gasteiger partial charge in [0.1, 0.15) is 5.75 Å². The van der Waals surface area contributed by atoms with Crippen LogP contribution in [-0.4, -0.2) is 10.1 Å². The van der Waals surface area contributed by atoms with Crippen molar-refractivity contribution in [3.8, 4) is 17.1 Å². The van der Waals surface area contributed by atoms with Gasteiger partial charge in [0.2, 0.25) is 5.82 Å². The van der Waals surface area contributed by atoms with Gasteiger partial charge in [-0.2, -0.15) is 4.98 Å². The quantitative estimate of drug-likeness (QED) is 0.599. The van der Waals surface area contributed by atoms with Crippen molar-refractivity contribution in [3.05, 3.63) is 62.9 Å². The molecule has 6 heteroatoms. The normalized spacial score (nSPS) is 10.8. The second-order valence-corrected chi connectivity index (χ2v) is 6.48. The molecule has 4 nitrogen and oxygen atoms in total. The maximum Gasteiger partial charge on any atom is 0.264 e. The monoisotopic (exact) mass is 392 g/mol. The van der Waals surface area contributed by atoms with Crippen LogP contribution in [0.3, 0.4) is 0 Å². The summed E-state index contributed by atoms with van der Waals surface area (Å²) >= 11 is 9.58. The van der Waals surface area contributed by atoms with E-state index < -0.39 is 0 Å². The van der Waals surface area contributed by atoms with Crippen LogP contribution in [0.2, 0.25) is 5.02 Å². The van der Waals surface area contributed by atoms with E-state index in [2.05, 4.69) is 26.1 Å². The summed E-state index contributed by atoms with van der Waals surface area (Å²) in [5, 5.41) is 4.74. The highest BCUT2D eigenvalue weighted by Crippen LogP contribution is 2.26. The van der Waals surface area contributed by atoms with Crippen molar-refractivity contribution in [2.75, 3.05) is 0 Å². The minimum absolute atomic E-state index is 0.210. The van der Waals surface area contributed by atoms with E-state index in [1.807, 2.05) is 50.2 Å². The smallest absolute Gasteiger partial charge is 0.264 e. The van der Waals surface area contributed by atoms with Crippen molar-refractivity contribution in [3.63, 3.8) is 0 Å². The van der Waals surface area contributed by atoms with Crippen molar-refractivity contribution in [2.24, 2.45) is 0 Å². The van der Waals surface area contributed by atoms with Crippen molar-refractivity contribution in [1.82, 2.24) is 10.1 Å². The number of aromatic nitrogens is 2. The lowest BCUT2D eigenvalue weighted by atomic mass is 10.1. The Morgan fingerprint density at radius 3 is 2.61 bits per heavy atom. The molecule has 0 bridgehead atoms. The van der Waals surface area contributed by atoms with Gasteiger partial charge in [0.25, 0.3) is 5.89 Å². The highest BCUT2D eigenvalue weighted by atomic mass is 79.9. The number of rotatable bonds is 4. The highest BCUT2D eigenvalue weighted by molar-refractivity contribution is 9.10. The third kappa shape index (κ3) is 3.74. The van der Waals surface area contributed by atoms with Gasteiger partial charge < -0.3 is 9.26 Å². The molecule has 0 saturated carbocycles. The Morgan fingerprint density at radius 2 is 1.91 bits per heavy atom. The zero-order chi connectivity index (χ0) is 16.4. The third-order valence-corrected chi connectivity index (χ3v) is 4.41. The maximum atomic E-state index is 6.15. The van der Waals surface area contributed by atoms with Gasteiger partial charge in [0.05, 0.1) is 0 Å². The molecule has 0 amide bonds.